The largest absolute Gasteiger partial charge is 0.369 e. The molecule has 0 saturated carbocycles. The van der Waals surface area contributed by atoms with Gasteiger partial charge in [-0.25, -0.2) is 9.37 Å². The molecule has 9 heteroatoms. The number of hydrogen-bond donors (Lipinski definition) is 2. The summed E-state index contributed by atoms with van der Waals surface area (Å²) in [6, 6.07) is 13.3. The van der Waals surface area contributed by atoms with Crippen LogP contribution in [0.1, 0.15) is 10.4 Å². The number of nitrogens with zero attached hydrogens (tertiary/aromatic N) is 3. The van der Waals surface area contributed by atoms with Crippen molar-refractivity contribution >= 4 is 34.0 Å². The standard InChI is InChI=1S/C22H22FN5O2S/c23-17-5-1-15(2-6-17)19-14-31-22(25-19)26-20(29)13-27-9-11-28(12-10-27)18-7-3-16(4-8-18)21(24)30/h1-8,14H,9-13H2,(H2,24,30)(H,25,26,29). The number of nitrogens with two attached hydrogens (primary N) is 1. The van der Waals surface area contributed by atoms with Gasteiger partial charge in [-0.15, -0.1) is 11.3 Å². The van der Waals surface area contributed by atoms with E-state index in [1.807, 2.05) is 17.5 Å². The Hall–Kier alpha value is -3.30. The first-order valence-corrected chi connectivity index (χ1v) is 10.7. The minimum Gasteiger partial charge on any atom is -0.369 e. The summed E-state index contributed by atoms with van der Waals surface area (Å²) in [5.41, 5.74) is 8.31. The van der Waals surface area contributed by atoms with E-state index in [0.29, 0.717) is 22.9 Å². The van der Waals surface area contributed by atoms with Crippen LogP contribution in [0.15, 0.2) is 53.9 Å². The first-order chi connectivity index (χ1) is 15.0. The first kappa shape index (κ1) is 21.0. The minimum atomic E-state index is -0.438. The zero-order valence-corrected chi connectivity index (χ0v) is 17.6. The van der Waals surface area contributed by atoms with Crippen LogP contribution in [0, 0.1) is 5.82 Å². The number of aromatic nitrogens is 1. The zero-order chi connectivity index (χ0) is 21.8. The van der Waals surface area contributed by atoms with Crippen LogP contribution in [0.2, 0.25) is 0 Å². The maximum atomic E-state index is 13.1. The Morgan fingerprint density at radius 3 is 2.35 bits per heavy atom. The molecule has 0 radical (unpaired) electrons. The summed E-state index contributed by atoms with van der Waals surface area (Å²) < 4.78 is 13.1. The van der Waals surface area contributed by atoms with E-state index < -0.39 is 5.91 Å². The predicted molar refractivity (Wildman–Crippen MR) is 120 cm³/mol. The molecule has 0 unspecified atom stereocenters. The van der Waals surface area contributed by atoms with Crippen LogP contribution in [0.4, 0.5) is 15.2 Å². The van der Waals surface area contributed by atoms with E-state index in [2.05, 4.69) is 20.1 Å². The van der Waals surface area contributed by atoms with E-state index in [9.17, 15) is 14.0 Å². The van der Waals surface area contributed by atoms with Gasteiger partial charge in [-0.3, -0.25) is 14.5 Å². The van der Waals surface area contributed by atoms with Crippen molar-refractivity contribution in [2.45, 2.75) is 0 Å². The summed E-state index contributed by atoms with van der Waals surface area (Å²) in [6.07, 6.45) is 0. The first-order valence-electron chi connectivity index (χ1n) is 9.86. The molecule has 31 heavy (non-hydrogen) atoms. The van der Waals surface area contributed by atoms with Gasteiger partial charge in [0, 0.05) is 48.4 Å². The third-order valence-corrected chi connectivity index (χ3v) is 5.90. The second-order valence-corrected chi connectivity index (χ2v) is 8.13. The SMILES string of the molecule is NC(=O)c1ccc(N2CCN(CC(=O)Nc3nc(-c4ccc(F)cc4)cs3)CC2)cc1. The Kier molecular flexibility index (Phi) is 6.24. The number of rotatable bonds is 6. The average Bonchev–Trinajstić information content (AvgIpc) is 3.23. The number of piperazine rings is 1. The van der Waals surface area contributed by atoms with E-state index >= 15 is 0 Å². The number of halogens is 1. The fourth-order valence-corrected chi connectivity index (χ4v) is 4.18. The summed E-state index contributed by atoms with van der Waals surface area (Å²) in [5.74, 6) is -0.845. The Bertz CT molecular complexity index is 1060. The molecule has 2 amide bonds. The van der Waals surface area contributed by atoms with Crippen LogP contribution in [0.3, 0.4) is 0 Å². The molecule has 1 aliphatic heterocycles. The van der Waals surface area contributed by atoms with Gasteiger partial charge in [0.15, 0.2) is 5.13 Å². The monoisotopic (exact) mass is 439 g/mol. The van der Waals surface area contributed by atoms with Gasteiger partial charge in [-0.05, 0) is 48.5 Å². The fraction of sp³-hybridized carbons (Fsp3) is 0.227. The van der Waals surface area contributed by atoms with Crippen LogP contribution in [0.5, 0.6) is 0 Å². The van der Waals surface area contributed by atoms with E-state index in [4.69, 9.17) is 5.73 Å². The van der Waals surface area contributed by atoms with Gasteiger partial charge >= 0.3 is 0 Å². The van der Waals surface area contributed by atoms with Crippen molar-refractivity contribution in [2.24, 2.45) is 5.73 Å². The molecule has 7 nitrogen and oxygen atoms in total. The van der Waals surface area contributed by atoms with E-state index in [1.54, 1.807) is 24.3 Å². The topological polar surface area (TPSA) is 91.6 Å². The lowest BCUT2D eigenvalue weighted by molar-refractivity contribution is -0.117. The molecule has 0 atom stereocenters. The summed E-state index contributed by atoms with van der Waals surface area (Å²) in [7, 11) is 0. The highest BCUT2D eigenvalue weighted by atomic mass is 32.1. The molecule has 0 bridgehead atoms. The average molecular weight is 440 g/mol. The summed E-state index contributed by atoms with van der Waals surface area (Å²) >= 11 is 1.34. The second-order valence-electron chi connectivity index (χ2n) is 7.27. The number of carbonyl (C=O) groups excluding carboxylic acids is 2. The van der Waals surface area contributed by atoms with Crippen LogP contribution in [0.25, 0.3) is 11.3 Å². The number of hydrogen-bond acceptors (Lipinski definition) is 6. The van der Waals surface area contributed by atoms with Crippen LogP contribution in [-0.4, -0.2) is 54.4 Å². The summed E-state index contributed by atoms with van der Waals surface area (Å²) in [5, 5.41) is 5.21. The second kappa shape index (κ2) is 9.23. The number of carbonyl (C=O) groups is 2. The number of amides is 2. The lowest BCUT2D eigenvalue weighted by Gasteiger charge is -2.35. The highest BCUT2D eigenvalue weighted by molar-refractivity contribution is 7.14. The normalized spacial score (nSPS) is 14.4. The van der Waals surface area contributed by atoms with E-state index in [1.165, 1.54) is 23.5 Å². The van der Waals surface area contributed by atoms with Crippen LogP contribution in [-0.2, 0) is 4.79 Å². The van der Waals surface area contributed by atoms with Crippen molar-refractivity contribution in [3.8, 4) is 11.3 Å². The highest BCUT2D eigenvalue weighted by Crippen LogP contribution is 2.25. The molecule has 0 aliphatic carbocycles. The number of anilines is 2. The molecule has 3 aromatic rings. The molecule has 1 aromatic heterocycles. The smallest absolute Gasteiger partial charge is 0.248 e. The lowest BCUT2D eigenvalue weighted by atomic mass is 10.1. The molecule has 1 aliphatic rings. The quantitative estimate of drug-likeness (QED) is 0.616. The molecule has 1 saturated heterocycles. The fourth-order valence-electron chi connectivity index (χ4n) is 3.45. The number of benzene rings is 2. The molecule has 2 aromatic carbocycles. The molecular formula is C22H22FN5O2S. The van der Waals surface area contributed by atoms with Crippen molar-refractivity contribution in [3.63, 3.8) is 0 Å². The predicted octanol–water partition coefficient (Wildman–Crippen LogP) is 2.81. The minimum absolute atomic E-state index is 0.112. The Balaban J connectivity index is 1.26. The lowest BCUT2D eigenvalue weighted by Crippen LogP contribution is -2.48. The summed E-state index contributed by atoms with van der Waals surface area (Å²) in [6.45, 7) is 3.37. The van der Waals surface area contributed by atoms with Crippen LogP contribution >= 0.6 is 11.3 Å². The van der Waals surface area contributed by atoms with Crippen molar-refractivity contribution < 1.29 is 14.0 Å². The third-order valence-electron chi connectivity index (χ3n) is 5.15. The number of thiazole rings is 1. The summed E-state index contributed by atoms with van der Waals surface area (Å²) in [4.78, 5) is 32.4. The number of nitrogens with one attached hydrogen (secondary N) is 1. The molecule has 0 spiro atoms. The van der Waals surface area contributed by atoms with Crippen LogP contribution < -0.4 is 16.0 Å². The van der Waals surface area contributed by atoms with E-state index in [0.717, 1.165) is 37.4 Å². The van der Waals surface area contributed by atoms with Crippen molar-refractivity contribution in [1.82, 2.24) is 9.88 Å². The molecule has 2 heterocycles. The molecule has 160 valence electrons. The van der Waals surface area contributed by atoms with Gasteiger partial charge in [0.05, 0.1) is 12.2 Å². The maximum absolute atomic E-state index is 13.1. The van der Waals surface area contributed by atoms with Crippen molar-refractivity contribution in [2.75, 3.05) is 42.9 Å². The molecular weight excluding hydrogens is 417 g/mol. The Labute approximate surface area is 183 Å². The zero-order valence-electron chi connectivity index (χ0n) is 16.8. The van der Waals surface area contributed by atoms with Crippen molar-refractivity contribution in [3.05, 3.63) is 65.3 Å². The highest BCUT2D eigenvalue weighted by Gasteiger charge is 2.20. The maximum Gasteiger partial charge on any atom is 0.248 e. The van der Waals surface area contributed by atoms with Gasteiger partial charge in [0.25, 0.3) is 0 Å². The van der Waals surface area contributed by atoms with E-state index in [-0.39, 0.29) is 11.7 Å². The molecule has 4 rings (SSSR count). The van der Waals surface area contributed by atoms with Gasteiger partial charge in [0.2, 0.25) is 11.8 Å². The Morgan fingerprint density at radius 2 is 1.71 bits per heavy atom. The van der Waals surface area contributed by atoms with Gasteiger partial charge in [-0.1, -0.05) is 0 Å². The molecule has 3 N–H and O–H groups in total. The number of primary amides is 1. The van der Waals surface area contributed by atoms with Gasteiger partial charge < -0.3 is 16.0 Å². The van der Waals surface area contributed by atoms with Gasteiger partial charge in [0.1, 0.15) is 5.82 Å². The Morgan fingerprint density at radius 1 is 1.03 bits per heavy atom. The third kappa shape index (κ3) is 5.25. The molecule has 1 fully saturated rings. The van der Waals surface area contributed by atoms with Gasteiger partial charge in [-0.2, -0.15) is 0 Å². The van der Waals surface area contributed by atoms with Crippen molar-refractivity contribution in [1.29, 1.82) is 0 Å².